The molecule has 0 spiro atoms. The third-order valence-corrected chi connectivity index (χ3v) is 4.61. The summed E-state index contributed by atoms with van der Waals surface area (Å²) in [6, 6.07) is 8.06. The molecule has 0 saturated carbocycles. The molecule has 2 aromatic rings. The van der Waals surface area contributed by atoms with Crippen LogP contribution in [0.25, 0.3) is 0 Å². The highest BCUT2D eigenvalue weighted by molar-refractivity contribution is 6.03. The number of anilines is 2. The Labute approximate surface area is 155 Å². The van der Waals surface area contributed by atoms with Crippen LogP contribution in [0.3, 0.4) is 0 Å². The number of pyridine rings is 1. The van der Waals surface area contributed by atoms with E-state index in [1.807, 2.05) is 6.07 Å². The zero-order valence-electron chi connectivity index (χ0n) is 15.0. The third-order valence-electron chi connectivity index (χ3n) is 4.61. The first-order valence-corrected chi connectivity index (χ1v) is 8.79. The van der Waals surface area contributed by atoms with Crippen molar-refractivity contribution in [3.63, 3.8) is 0 Å². The Morgan fingerprint density at radius 1 is 1.15 bits per heavy atom. The highest BCUT2D eigenvalue weighted by Gasteiger charge is 2.30. The van der Waals surface area contributed by atoms with Gasteiger partial charge in [-0.25, -0.2) is 0 Å². The van der Waals surface area contributed by atoms with Gasteiger partial charge >= 0.3 is 6.18 Å². The Morgan fingerprint density at radius 3 is 2.56 bits per heavy atom. The van der Waals surface area contributed by atoms with Crippen molar-refractivity contribution in [2.45, 2.75) is 13.1 Å². The summed E-state index contributed by atoms with van der Waals surface area (Å²) in [6.45, 7) is 6.74. The van der Waals surface area contributed by atoms with E-state index in [0.29, 0.717) is 0 Å². The van der Waals surface area contributed by atoms with Crippen molar-refractivity contribution >= 4 is 17.3 Å². The molecule has 0 aliphatic carbocycles. The first-order chi connectivity index (χ1) is 12.9. The van der Waals surface area contributed by atoms with Crippen molar-refractivity contribution in [1.29, 1.82) is 0 Å². The average Bonchev–Trinajstić information content (AvgIpc) is 2.68. The molecule has 1 N–H and O–H groups in total. The van der Waals surface area contributed by atoms with E-state index in [0.717, 1.165) is 50.5 Å². The fourth-order valence-electron chi connectivity index (χ4n) is 3.03. The van der Waals surface area contributed by atoms with E-state index in [2.05, 4.69) is 27.0 Å². The predicted octanol–water partition coefficient (Wildman–Crippen LogP) is 3.49. The maximum absolute atomic E-state index is 12.8. The molecule has 1 saturated heterocycles. The Kier molecular flexibility index (Phi) is 5.65. The molecular formula is C19H21F3N4O. The number of nitrogens with one attached hydrogen (secondary N) is 1. The second kappa shape index (κ2) is 7.96. The highest BCUT2D eigenvalue weighted by atomic mass is 19.4. The van der Waals surface area contributed by atoms with E-state index in [9.17, 15) is 18.0 Å². The quantitative estimate of drug-likeness (QED) is 0.885. The zero-order valence-corrected chi connectivity index (χ0v) is 15.0. The second-order valence-electron chi connectivity index (χ2n) is 6.35. The topological polar surface area (TPSA) is 48.5 Å². The molecular weight excluding hydrogens is 357 g/mol. The Hall–Kier alpha value is -2.61. The highest BCUT2D eigenvalue weighted by Crippen LogP contribution is 2.30. The maximum atomic E-state index is 12.8. The largest absolute Gasteiger partial charge is 0.416 e. The number of nitrogens with zero attached hydrogens (tertiary/aromatic N) is 3. The lowest BCUT2D eigenvalue weighted by molar-refractivity contribution is -0.137. The minimum absolute atomic E-state index is 0.0820. The van der Waals surface area contributed by atoms with Crippen molar-refractivity contribution in [2.24, 2.45) is 0 Å². The van der Waals surface area contributed by atoms with Crippen LogP contribution in [-0.4, -0.2) is 48.5 Å². The van der Waals surface area contributed by atoms with Crippen LogP contribution in [0.4, 0.5) is 24.5 Å². The van der Waals surface area contributed by atoms with Crippen LogP contribution in [0.5, 0.6) is 0 Å². The predicted molar refractivity (Wildman–Crippen MR) is 98.0 cm³/mol. The fourth-order valence-corrected chi connectivity index (χ4v) is 3.03. The summed E-state index contributed by atoms with van der Waals surface area (Å²) in [5.74, 6) is -0.539. The number of benzene rings is 1. The molecule has 144 valence electrons. The van der Waals surface area contributed by atoms with Crippen molar-refractivity contribution in [2.75, 3.05) is 42.9 Å². The summed E-state index contributed by atoms with van der Waals surface area (Å²) in [5, 5.41) is 2.49. The number of aromatic nitrogens is 1. The molecule has 0 unspecified atom stereocenters. The van der Waals surface area contributed by atoms with Gasteiger partial charge in [-0.05, 0) is 36.9 Å². The van der Waals surface area contributed by atoms with E-state index in [1.54, 1.807) is 12.3 Å². The molecule has 5 nitrogen and oxygen atoms in total. The first-order valence-electron chi connectivity index (χ1n) is 8.79. The van der Waals surface area contributed by atoms with Crippen molar-refractivity contribution < 1.29 is 18.0 Å². The minimum atomic E-state index is -4.46. The normalized spacial score (nSPS) is 15.6. The summed E-state index contributed by atoms with van der Waals surface area (Å²) < 4.78 is 38.4. The lowest BCUT2D eigenvalue weighted by Crippen LogP contribution is -2.46. The number of hydrogen-bond donors (Lipinski definition) is 1. The smallest absolute Gasteiger partial charge is 0.369 e. The number of carbonyl (C=O) groups is 1. The van der Waals surface area contributed by atoms with Gasteiger partial charge in [-0.1, -0.05) is 13.0 Å². The monoisotopic (exact) mass is 378 g/mol. The Bertz CT molecular complexity index is 802. The molecule has 1 amide bonds. The first kappa shape index (κ1) is 19.2. The number of alkyl halides is 3. The molecule has 3 rings (SSSR count). The molecule has 2 heterocycles. The lowest BCUT2D eigenvalue weighted by Gasteiger charge is -2.35. The van der Waals surface area contributed by atoms with Gasteiger partial charge in [-0.3, -0.25) is 9.78 Å². The summed E-state index contributed by atoms with van der Waals surface area (Å²) in [7, 11) is 0. The summed E-state index contributed by atoms with van der Waals surface area (Å²) in [5.41, 5.74) is 0.326. The average molecular weight is 378 g/mol. The molecule has 0 atom stereocenters. The van der Waals surface area contributed by atoms with Gasteiger partial charge in [0.2, 0.25) is 0 Å². The SMILES string of the molecule is CCN1CCN(c2ccnc(C(=O)Nc3cccc(C(F)(F)F)c3)c2)CC1. The molecule has 1 aromatic heterocycles. The van der Waals surface area contributed by atoms with Gasteiger partial charge in [0.05, 0.1) is 5.56 Å². The number of likely N-dealkylation sites (N-methyl/N-ethyl adjacent to an activating group) is 1. The van der Waals surface area contributed by atoms with Gasteiger partial charge in [-0.15, -0.1) is 0 Å². The molecule has 0 bridgehead atoms. The lowest BCUT2D eigenvalue weighted by atomic mass is 10.2. The molecule has 1 aliphatic rings. The van der Waals surface area contributed by atoms with Gasteiger partial charge in [0.1, 0.15) is 5.69 Å². The number of amides is 1. The molecule has 1 aliphatic heterocycles. The maximum Gasteiger partial charge on any atom is 0.416 e. The van der Waals surface area contributed by atoms with E-state index >= 15 is 0 Å². The second-order valence-corrected chi connectivity index (χ2v) is 6.35. The van der Waals surface area contributed by atoms with Gasteiger partial charge in [0.25, 0.3) is 5.91 Å². The van der Waals surface area contributed by atoms with Crippen LogP contribution in [0, 0.1) is 0 Å². The fraction of sp³-hybridized carbons (Fsp3) is 0.368. The van der Waals surface area contributed by atoms with E-state index in [1.165, 1.54) is 12.1 Å². The summed E-state index contributed by atoms with van der Waals surface area (Å²) >= 11 is 0. The number of hydrogen-bond acceptors (Lipinski definition) is 4. The van der Waals surface area contributed by atoms with Crippen LogP contribution in [0.2, 0.25) is 0 Å². The number of halogens is 3. The van der Waals surface area contributed by atoms with Crippen LogP contribution in [0.1, 0.15) is 23.0 Å². The number of rotatable bonds is 4. The third kappa shape index (κ3) is 4.77. The van der Waals surface area contributed by atoms with Crippen molar-refractivity contribution in [3.05, 3.63) is 53.9 Å². The van der Waals surface area contributed by atoms with Gasteiger partial charge < -0.3 is 15.1 Å². The zero-order chi connectivity index (χ0) is 19.4. The molecule has 1 aromatic carbocycles. The van der Waals surface area contributed by atoms with E-state index in [-0.39, 0.29) is 11.4 Å². The van der Waals surface area contributed by atoms with Crippen LogP contribution in [0.15, 0.2) is 42.6 Å². The molecule has 27 heavy (non-hydrogen) atoms. The van der Waals surface area contributed by atoms with Crippen LogP contribution in [-0.2, 0) is 6.18 Å². The molecule has 0 radical (unpaired) electrons. The number of piperazine rings is 1. The van der Waals surface area contributed by atoms with E-state index < -0.39 is 17.6 Å². The molecule has 1 fully saturated rings. The summed E-state index contributed by atoms with van der Waals surface area (Å²) in [6.07, 6.45) is -2.91. The Balaban J connectivity index is 1.71. The van der Waals surface area contributed by atoms with Crippen LogP contribution < -0.4 is 10.2 Å². The van der Waals surface area contributed by atoms with Crippen molar-refractivity contribution in [1.82, 2.24) is 9.88 Å². The van der Waals surface area contributed by atoms with Crippen molar-refractivity contribution in [3.8, 4) is 0 Å². The minimum Gasteiger partial charge on any atom is -0.369 e. The van der Waals surface area contributed by atoms with E-state index in [4.69, 9.17) is 0 Å². The van der Waals surface area contributed by atoms with Gasteiger partial charge in [0.15, 0.2) is 0 Å². The van der Waals surface area contributed by atoms with Crippen LogP contribution >= 0.6 is 0 Å². The molecule has 8 heteroatoms. The Morgan fingerprint density at radius 2 is 1.89 bits per heavy atom. The number of carbonyl (C=O) groups excluding carboxylic acids is 1. The summed E-state index contributed by atoms with van der Waals surface area (Å²) in [4.78, 5) is 21.0. The van der Waals surface area contributed by atoms with Gasteiger partial charge in [0, 0.05) is 43.8 Å². The van der Waals surface area contributed by atoms with Gasteiger partial charge in [-0.2, -0.15) is 13.2 Å². The standard InChI is InChI=1S/C19H21F3N4O/c1-2-25-8-10-26(11-9-25)16-6-7-23-17(13-16)18(27)24-15-5-3-4-14(12-15)19(20,21)22/h3-7,12-13H,2,8-11H2,1H3,(H,24,27).